The zero-order valence-corrected chi connectivity index (χ0v) is 9.55. The van der Waals surface area contributed by atoms with Crippen LogP contribution in [0.2, 0.25) is 0 Å². The minimum Gasteiger partial charge on any atom is -0.313 e. The predicted octanol–water partition coefficient (Wildman–Crippen LogP) is 2.81. The number of nitrogens with one attached hydrogen (secondary N) is 1. The fourth-order valence-corrected chi connectivity index (χ4v) is 4.20. The van der Waals surface area contributed by atoms with Crippen molar-refractivity contribution < 1.29 is 0 Å². The Morgan fingerprint density at radius 2 is 1.79 bits per heavy atom. The van der Waals surface area contributed by atoms with Crippen molar-refractivity contribution in [3.05, 3.63) is 0 Å². The number of hydrogen-bond donors (Lipinski definition) is 1. The Labute approximate surface area is 87.7 Å². The third kappa shape index (κ3) is 1.25. The maximum Gasteiger partial charge on any atom is 0.0162 e. The Hall–Kier alpha value is -0.0400. The molecule has 3 aliphatic carbocycles. The molecule has 3 saturated carbocycles. The summed E-state index contributed by atoms with van der Waals surface area (Å²) in [6.07, 6.45) is 7.67. The SMILES string of the molecule is CC1(C)CNC1C1CC2CCC1CC2. The second-order valence-electron chi connectivity index (χ2n) is 6.53. The van der Waals surface area contributed by atoms with Gasteiger partial charge in [-0.1, -0.05) is 26.7 Å². The zero-order chi connectivity index (χ0) is 9.76. The van der Waals surface area contributed by atoms with Gasteiger partial charge >= 0.3 is 0 Å². The maximum absolute atomic E-state index is 3.69. The lowest BCUT2D eigenvalue weighted by Gasteiger charge is -2.56. The molecule has 2 bridgehead atoms. The Bertz CT molecular complexity index is 225. The molecule has 0 radical (unpaired) electrons. The van der Waals surface area contributed by atoms with Crippen LogP contribution in [0.25, 0.3) is 0 Å². The van der Waals surface area contributed by atoms with E-state index in [1.807, 2.05) is 0 Å². The summed E-state index contributed by atoms with van der Waals surface area (Å²) in [6.45, 7) is 6.12. The van der Waals surface area contributed by atoms with Gasteiger partial charge in [0, 0.05) is 12.6 Å². The standard InChI is InChI=1S/C13H23N/c1-13(2)8-14-12(13)11-7-9-3-5-10(11)6-4-9/h9-12,14H,3-8H2,1-2H3. The van der Waals surface area contributed by atoms with E-state index in [2.05, 4.69) is 19.2 Å². The van der Waals surface area contributed by atoms with E-state index in [-0.39, 0.29) is 0 Å². The van der Waals surface area contributed by atoms with E-state index >= 15 is 0 Å². The van der Waals surface area contributed by atoms with Crippen molar-refractivity contribution in [2.75, 3.05) is 6.54 Å². The molecule has 4 aliphatic rings. The molecular weight excluding hydrogens is 170 g/mol. The summed E-state index contributed by atoms with van der Waals surface area (Å²) >= 11 is 0. The van der Waals surface area contributed by atoms with Gasteiger partial charge in [0.2, 0.25) is 0 Å². The molecule has 1 heteroatoms. The van der Waals surface area contributed by atoms with Crippen molar-refractivity contribution in [3.8, 4) is 0 Å². The highest BCUT2D eigenvalue weighted by Gasteiger charge is 2.48. The topological polar surface area (TPSA) is 12.0 Å². The molecule has 14 heavy (non-hydrogen) atoms. The fourth-order valence-electron chi connectivity index (χ4n) is 4.20. The van der Waals surface area contributed by atoms with E-state index < -0.39 is 0 Å². The molecule has 4 fully saturated rings. The molecule has 1 heterocycles. The van der Waals surface area contributed by atoms with E-state index in [9.17, 15) is 0 Å². The first kappa shape index (κ1) is 9.21. The highest BCUT2D eigenvalue weighted by molar-refractivity contribution is 5.04. The molecule has 80 valence electrons. The van der Waals surface area contributed by atoms with Crippen molar-refractivity contribution in [2.24, 2.45) is 23.2 Å². The molecule has 1 nitrogen and oxygen atoms in total. The summed E-state index contributed by atoms with van der Waals surface area (Å²) < 4.78 is 0. The van der Waals surface area contributed by atoms with Crippen LogP contribution >= 0.6 is 0 Å². The van der Waals surface area contributed by atoms with Crippen molar-refractivity contribution in [2.45, 2.75) is 52.0 Å². The largest absolute Gasteiger partial charge is 0.313 e. The predicted molar refractivity (Wildman–Crippen MR) is 59.1 cm³/mol. The molecule has 1 saturated heterocycles. The van der Waals surface area contributed by atoms with Gasteiger partial charge in [0.15, 0.2) is 0 Å². The minimum absolute atomic E-state index is 0.585. The van der Waals surface area contributed by atoms with Gasteiger partial charge in [0.1, 0.15) is 0 Å². The van der Waals surface area contributed by atoms with Crippen LogP contribution in [-0.2, 0) is 0 Å². The monoisotopic (exact) mass is 193 g/mol. The third-order valence-corrected chi connectivity index (χ3v) is 5.15. The van der Waals surface area contributed by atoms with E-state index in [1.54, 1.807) is 0 Å². The molecule has 0 aromatic rings. The number of fused-ring (bicyclic) bond motifs is 3. The lowest BCUT2D eigenvalue weighted by molar-refractivity contribution is -0.0138. The molecule has 1 aliphatic heterocycles. The van der Waals surface area contributed by atoms with Gasteiger partial charge in [-0.15, -0.1) is 0 Å². The zero-order valence-electron chi connectivity index (χ0n) is 9.55. The Morgan fingerprint density at radius 3 is 2.14 bits per heavy atom. The summed E-state index contributed by atoms with van der Waals surface area (Å²) in [5.41, 5.74) is 0.585. The molecule has 0 aromatic heterocycles. The lowest BCUT2D eigenvalue weighted by atomic mass is 9.57. The summed E-state index contributed by atoms with van der Waals surface area (Å²) in [5, 5.41) is 3.69. The Balaban J connectivity index is 1.74. The first-order chi connectivity index (χ1) is 6.67. The van der Waals surface area contributed by atoms with Crippen LogP contribution in [-0.4, -0.2) is 12.6 Å². The van der Waals surface area contributed by atoms with Crippen LogP contribution in [0.4, 0.5) is 0 Å². The van der Waals surface area contributed by atoms with Crippen molar-refractivity contribution in [1.82, 2.24) is 5.32 Å². The van der Waals surface area contributed by atoms with Gasteiger partial charge in [-0.2, -0.15) is 0 Å². The number of hydrogen-bond acceptors (Lipinski definition) is 1. The molecule has 0 amide bonds. The van der Waals surface area contributed by atoms with Gasteiger partial charge in [-0.05, 0) is 42.4 Å². The van der Waals surface area contributed by atoms with Crippen molar-refractivity contribution in [1.29, 1.82) is 0 Å². The van der Waals surface area contributed by atoms with Crippen LogP contribution in [0, 0.1) is 23.2 Å². The van der Waals surface area contributed by atoms with Crippen molar-refractivity contribution >= 4 is 0 Å². The molecule has 2 unspecified atom stereocenters. The molecule has 0 spiro atoms. The normalized spacial score (nSPS) is 50.1. The lowest BCUT2D eigenvalue weighted by Crippen LogP contribution is -2.64. The summed E-state index contributed by atoms with van der Waals surface area (Å²) in [7, 11) is 0. The van der Waals surface area contributed by atoms with Gasteiger partial charge in [0.05, 0.1) is 0 Å². The van der Waals surface area contributed by atoms with Crippen LogP contribution in [0.15, 0.2) is 0 Å². The fraction of sp³-hybridized carbons (Fsp3) is 1.00. The average Bonchev–Trinajstić information content (AvgIpc) is 2.18. The molecule has 2 atom stereocenters. The van der Waals surface area contributed by atoms with Gasteiger partial charge < -0.3 is 5.32 Å². The minimum atomic E-state index is 0.585. The molecule has 1 N–H and O–H groups in total. The quantitative estimate of drug-likeness (QED) is 0.675. The highest BCUT2D eigenvalue weighted by Crippen LogP contribution is 2.50. The van der Waals surface area contributed by atoms with E-state index in [0.717, 1.165) is 23.8 Å². The average molecular weight is 193 g/mol. The van der Waals surface area contributed by atoms with Crippen LogP contribution in [0.1, 0.15) is 46.0 Å². The first-order valence-electron chi connectivity index (χ1n) is 6.40. The summed E-state index contributed by atoms with van der Waals surface area (Å²) in [5.74, 6) is 3.17. The van der Waals surface area contributed by atoms with E-state index in [0.29, 0.717) is 5.41 Å². The second kappa shape index (κ2) is 2.98. The van der Waals surface area contributed by atoms with Gasteiger partial charge in [0.25, 0.3) is 0 Å². The van der Waals surface area contributed by atoms with E-state index in [4.69, 9.17) is 0 Å². The maximum atomic E-state index is 3.69. The van der Waals surface area contributed by atoms with Gasteiger partial charge in [-0.3, -0.25) is 0 Å². The smallest absolute Gasteiger partial charge is 0.0162 e. The first-order valence-corrected chi connectivity index (χ1v) is 6.40. The Kier molecular flexibility index (Phi) is 1.96. The van der Waals surface area contributed by atoms with Crippen LogP contribution in [0.5, 0.6) is 0 Å². The summed E-state index contributed by atoms with van der Waals surface area (Å²) in [6, 6.07) is 0.843. The van der Waals surface area contributed by atoms with Gasteiger partial charge in [-0.25, -0.2) is 0 Å². The number of rotatable bonds is 1. The Morgan fingerprint density at radius 1 is 1.07 bits per heavy atom. The van der Waals surface area contributed by atoms with Crippen LogP contribution in [0.3, 0.4) is 0 Å². The highest BCUT2D eigenvalue weighted by atomic mass is 15.0. The second-order valence-corrected chi connectivity index (χ2v) is 6.53. The molecule has 4 rings (SSSR count). The third-order valence-electron chi connectivity index (χ3n) is 5.15. The van der Waals surface area contributed by atoms with E-state index in [1.165, 1.54) is 38.6 Å². The molecular formula is C13H23N. The summed E-state index contributed by atoms with van der Waals surface area (Å²) in [4.78, 5) is 0. The van der Waals surface area contributed by atoms with Crippen molar-refractivity contribution in [3.63, 3.8) is 0 Å². The van der Waals surface area contributed by atoms with Crippen LogP contribution < -0.4 is 5.32 Å². The molecule has 0 aromatic carbocycles.